The Labute approximate surface area is 379 Å². The molecule has 0 aliphatic heterocycles. The average molecular weight is 841 g/mol. The van der Waals surface area contributed by atoms with Crippen LogP contribution in [0.4, 0.5) is 0 Å². The molecule has 14 rings (SSSR count). The fourth-order valence-corrected chi connectivity index (χ4v) is 12.4. The summed E-state index contributed by atoms with van der Waals surface area (Å²) in [6, 6.07) is 72.1. The van der Waals surface area contributed by atoms with Gasteiger partial charge in [0, 0.05) is 50.5 Å². The van der Waals surface area contributed by atoms with Gasteiger partial charge in [0.2, 0.25) is 0 Å². The Kier molecular flexibility index (Phi) is 7.89. The van der Waals surface area contributed by atoms with Crippen molar-refractivity contribution in [1.82, 2.24) is 9.97 Å². The van der Waals surface area contributed by atoms with Crippen molar-refractivity contribution in [1.29, 1.82) is 0 Å². The summed E-state index contributed by atoms with van der Waals surface area (Å²) in [6.45, 7) is 0. The second-order valence-corrected chi connectivity index (χ2v) is 18.2. The molecule has 0 saturated heterocycles. The summed E-state index contributed by atoms with van der Waals surface area (Å²) in [7, 11) is 0. The van der Waals surface area contributed by atoms with E-state index in [2.05, 4.69) is 204 Å². The minimum atomic E-state index is 1.16. The third kappa shape index (κ3) is 5.28. The van der Waals surface area contributed by atoms with Crippen LogP contribution in [0, 0.1) is 0 Å². The lowest BCUT2D eigenvalue weighted by molar-refractivity contribution is 1.33. The number of benzene rings is 10. The maximum absolute atomic E-state index is 4.45. The fraction of sp³-hybridized carbons (Fsp3) is 0. The zero-order chi connectivity index (χ0) is 42.6. The average Bonchev–Trinajstić information content (AvgIpc) is 3.92. The number of aromatic nitrogens is 2. The van der Waals surface area contributed by atoms with Crippen molar-refractivity contribution in [2.75, 3.05) is 0 Å². The van der Waals surface area contributed by atoms with Crippen molar-refractivity contribution in [3.05, 3.63) is 219 Å². The van der Waals surface area contributed by atoms with Crippen LogP contribution in [-0.4, -0.2) is 9.97 Å². The third-order valence-electron chi connectivity index (χ3n) is 13.8. The van der Waals surface area contributed by atoms with Gasteiger partial charge < -0.3 is 0 Å². The van der Waals surface area contributed by atoms with Gasteiger partial charge in [0.25, 0.3) is 0 Å². The molecule has 0 spiro atoms. The highest BCUT2D eigenvalue weighted by Gasteiger charge is 2.32. The van der Waals surface area contributed by atoms with Crippen LogP contribution in [0.15, 0.2) is 219 Å². The van der Waals surface area contributed by atoms with Gasteiger partial charge in [0.15, 0.2) is 0 Å². The molecule has 0 N–H and O–H groups in total. The predicted molar refractivity (Wildman–Crippen MR) is 277 cm³/mol. The Balaban J connectivity index is 1.10. The van der Waals surface area contributed by atoms with Crippen molar-refractivity contribution in [2.24, 2.45) is 0 Å². The molecule has 1 aliphatic carbocycles. The highest BCUT2D eigenvalue weighted by atomic mass is 32.1. The fourth-order valence-electron chi connectivity index (χ4n) is 11.2. The van der Waals surface area contributed by atoms with E-state index >= 15 is 0 Å². The van der Waals surface area contributed by atoms with Crippen LogP contribution >= 0.6 is 11.3 Å². The molecule has 0 fully saturated rings. The smallest absolute Gasteiger partial charge is 0.0434 e. The van der Waals surface area contributed by atoms with E-state index in [1.165, 1.54) is 130 Å². The number of hydrogen-bond acceptors (Lipinski definition) is 3. The molecule has 0 atom stereocenters. The summed E-state index contributed by atoms with van der Waals surface area (Å²) in [5, 5.41) is 12.6. The van der Waals surface area contributed by atoms with Crippen molar-refractivity contribution in [2.45, 2.75) is 0 Å². The quantitative estimate of drug-likeness (QED) is 0.161. The van der Waals surface area contributed by atoms with Gasteiger partial charge in [0.1, 0.15) is 0 Å². The Bertz CT molecular complexity index is 3950. The van der Waals surface area contributed by atoms with Crippen molar-refractivity contribution in [3.8, 4) is 77.9 Å². The molecule has 3 heterocycles. The maximum atomic E-state index is 4.45. The lowest BCUT2D eigenvalue weighted by atomic mass is 9.83. The number of fused-ring (bicyclic) bond motifs is 9. The molecule has 2 nitrogen and oxygen atoms in total. The van der Waals surface area contributed by atoms with E-state index in [0.29, 0.717) is 0 Å². The van der Waals surface area contributed by atoms with Crippen LogP contribution in [0.25, 0.3) is 141 Å². The molecule has 0 bridgehead atoms. The molecule has 0 amide bonds. The first-order chi connectivity index (χ1) is 32.3. The first-order valence-electron chi connectivity index (χ1n) is 22.2. The molecule has 0 radical (unpaired) electrons. The zero-order valence-electron chi connectivity index (χ0n) is 35.1. The van der Waals surface area contributed by atoms with E-state index in [0.717, 1.165) is 11.1 Å². The lowest BCUT2D eigenvalue weighted by Crippen LogP contribution is -1.93. The molecule has 3 aromatic heterocycles. The Hall–Kier alpha value is -8.24. The van der Waals surface area contributed by atoms with Gasteiger partial charge in [-0.3, -0.25) is 9.97 Å². The van der Waals surface area contributed by atoms with Crippen molar-refractivity contribution < 1.29 is 0 Å². The molecule has 1 aliphatic rings. The Morgan fingerprint density at radius 1 is 0.262 bits per heavy atom. The van der Waals surface area contributed by atoms with Crippen LogP contribution in [0.5, 0.6) is 0 Å². The zero-order valence-corrected chi connectivity index (χ0v) is 35.9. The molecule has 65 heavy (non-hydrogen) atoms. The van der Waals surface area contributed by atoms with E-state index in [4.69, 9.17) is 0 Å². The van der Waals surface area contributed by atoms with Crippen LogP contribution < -0.4 is 0 Å². The molecule has 0 saturated carbocycles. The SMILES string of the molecule is c1ccc(-c2c3ccccc3c(-c3cc(-c4ccc5c6c(cccc46)-c4c-5c(-c5ccncc5)c5ccccc5c4-c4ccncc4)c4sc5ccccc5c4c3)c3ccccc23)cc1. The standard InChI is InChI=1S/C62H36N2S/c1-2-13-37(14-3-1)55-44-16-4-6-18-46(44)56(47-19-7-5-17-45(47)55)40-35-52(62-53(36-40)42-15-10-11-24-54(42)65-62)41-25-26-51-59-43(41)22-12-23-50(59)60-57(38-27-31-63-32-28-38)48-20-8-9-21-49(48)58(61(51)60)39-29-33-64-34-30-39/h1-36H. The summed E-state index contributed by atoms with van der Waals surface area (Å²) in [5.41, 5.74) is 17.4. The lowest BCUT2D eigenvalue weighted by Gasteiger charge is -2.20. The normalized spacial score (nSPS) is 12.0. The van der Waals surface area contributed by atoms with Gasteiger partial charge >= 0.3 is 0 Å². The molecule has 13 aromatic rings. The summed E-state index contributed by atoms with van der Waals surface area (Å²) in [4.78, 5) is 8.90. The molecule has 3 heteroatoms. The molecule has 0 unspecified atom stereocenters. The van der Waals surface area contributed by atoms with Gasteiger partial charge in [-0.05, 0) is 158 Å². The van der Waals surface area contributed by atoms with Crippen molar-refractivity contribution >= 4 is 74.6 Å². The van der Waals surface area contributed by atoms with Gasteiger partial charge in [0.05, 0.1) is 0 Å². The highest BCUT2D eigenvalue weighted by Crippen LogP contribution is 2.59. The number of pyridine rings is 2. The minimum Gasteiger partial charge on any atom is -0.265 e. The first kappa shape index (κ1) is 36.3. The molecule has 10 aromatic carbocycles. The van der Waals surface area contributed by atoms with E-state index < -0.39 is 0 Å². The summed E-state index contributed by atoms with van der Waals surface area (Å²) < 4.78 is 2.60. The van der Waals surface area contributed by atoms with Gasteiger partial charge in [-0.2, -0.15) is 0 Å². The third-order valence-corrected chi connectivity index (χ3v) is 15.0. The van der Waals surface area contributed by atoms with E-state index in [1.54, 1.807) is 0 Å². The second kappa shape index (κ2) is 14.1. The van der Waals surface area contributed by atoms with E-state index in [-0.39, 0.29) is 0 Å². The van der Waals surface area contributed by atoms with Crippen LogP contribution in [-0.2, 0) is 0 Å². The number of hydrogen-bond donors (Lipinski definition) is 0. The number of rotatable bonds is 5. The topological polar surface area (TPSA) is 25.8 Å². The molecular weight excluding hydrogens is 805 g/mol. The predicted octanol–water partition coefficient (Wildman–Crippen LogP) is 17.4. The van der Waals surface area contributed by atoms with Gasteiger partial charge in [-0.1, -0.05) is 152 Å². The first-order valence-corrected chi connectivity index (χ1v) is 23.0. The Morgan fingerprint density at radius 3 is 1.29 bits per heavy atom. The van der Waals surface area contributed by atoms with Crippen LogP contribution in [0.1, 0.15) is 0 Å². The van der Waals surface area contributed by atoms with Crippen LogP contribution in [0.3, 0.4) is 0 Å². The minimum absolute atomic E-state index is 1.16. The molecule has 300 valence electrons. The summed E-state index contributed by atoms with van der Waals surface area (Å²) in [6.07, 6.45) is 7.66. The second-order valence-electron chi connectivity index (χ2n) is 17.1. The monoisotopic (exact) mass is 840 g/mol. The molecular formula is C62H36N2S. The van der Waals surface area contributed by atoms with Gasteiger partial charge in [-0.15, -0.1) is 11.3 Å². The summed E-state index contributed by atoms with van der Waals surface area (Å²) >= 11 is 1.90. The maximum Gasteiger partial charge on any atom is 0.0434 e. The highest BCUT2D eigenvalue weighted by molar-refractivity contribution is 7.26. The van der Waals surface area contributed by atoms with Gasteiger partial charge in [-0.25, -0.2) is 0 Å². The Morgan fingerprint density at radius 2 is 0.708 bits per heavy atom. The van der Waals surface area contributed by atoms with E-state index in [1.807, 2.05) is 36.1 Å². The van der Waals surface area contributed by atoms with Crippen molar-refractivity contribution in [3.63, 3.8) is 0 Å². The summed E-state index contributed by atoms with van der Waals surface area (Å²) in [5.74, 6) is 0. The number of thiophene rings is 1. The van der Waals surface area contributed by atoms with E-state index in [9.17, 15) is 0 Å². The largest absolute Gasteiger partial charge is 0.265 e. The number of nitrogens with zero attached hydrogens (tertiary/aromatic N) is 2. The van der Waals surface area contributed by atoms with Crippen LogP contribution in [0.2, 0.25) is 0 Å².